The van der Waals surface area contributed by atoms with Gasteiger partial charge in [0.2, 0.25) is 0 Å². The fraction of sp³-hybridized carbons (Fsp3) is 0.758. The predicted octanol–water partition coefficient (Wildman–Crippen LogP) is -6.23. The Labute approximate surface area is 574 Å². The van der Waals surface area contributed by atoms with E-state index in [1.54, 1.807) is 93.7 Å². The highest BCUT2D eigenvalue weighted by molar-refractivity contribution is 5.74. The number of carbonyl (C=O) groups is 2. The molecule has 6 rings (SSSR count). The number of cyclic esters (lactones) is 1. The van der Waals surface area contributed by atoms with E-state index < -0.39 is 272 Å². The number of aliphatic hydroxyl groups is 17. The number of fused-ring (bicyclic) bond motifs is 2. The molecule has 0 saturated carbocycles. The molecule has 33 nitrogen and oxygen atoms in total. The van der Waals surface area contributed by atoms with Crippen molar-refractivity contribution in [2.45, 2.75) is 262 Å². The van der Waals surface area contributed by atoms with Gasteiger partial charge in [0, 0.05) is 43.4 Å². The number of rotatable bonds is 12. The maximum atomic E-state index is 14.7. The first-order chi connectivity index (χ1) is 46.8. The second kappa shape index (κ2) is 39.7. The van der Waals surface area contributed by atoms with E-state index in [0.29, 0.717) is 0 Å². The molecule has 8 unspecified atom stereocenters. The number of aliphatic hydroxyl groups excluding tert-OH is 16. The lowest BCUT2D eigenvalue weighted by Gasteiger charge is -2.47. The smallest absolute Gasteiger partial charge is 0.314 e. The van der Waals surface area contributed by atoms with Crippen molar-refractivity contribution in [3.05, 3.63) is 85.1 Å². The summed E-state index contributed by atoms with van der Waals surface area (Å²) in [7, 11) is 0. The Hall–Kier alpha value is -4.04. The Morgan fingerprint density at radius 1 is 0.525 bits per heavy atom. The van der Waals surface area contributed by atoms with E-state index in [-0.39, 0.29) is 25.2 Å². The van der Waals surface area contributed by atoms with Crippen LogP contribution in [0, 0.1) is 23.7 Å². The fourth-order valence-electron chi connectivity index (χ4n) is 12.6. The van der Waals surface area contributed by atoms with Gasteiger partial charge in [-0.15, -0.1) is 0 Å². The van der Waals surface area contributed by atoms with Crippen LogP contribution in [0.25, 0.3) is 0 Å². The molecule has 6 aliphatic rings. The first-order valence-electron chi connectivity index (χ1n) is 33.6. The molecule has 33 heteroatoms. The van der Waals surface area contributed by atoms with Gasteiger partial charge in [-0.05, 0) is 33.1 Å². The van der Waals surface area contributed by atoms with Gasteiger partial charge >= 0.3 is 11.9 Å². The Morgan fingerprint density at radius 2 is 1.12 bits per heavy atom. The highest BCUT2D eigenvalue weighted by Gasteiger charge is 2.54. The maximum absolute atomic E-state index is 14.7. The van der Waals surface area contributed by atoms with E-state index in [1.165, 1.54) is 19.1 Å². The van der Waals surface area contributed by atoms with Crippen molar-refractivity contribution < 1.29 is 144 Å². The SMILES string of the molecule is C[C@@H]1[C@H](O)[C@@H](C)/C=C/C=C/C=C/C=C/C=C/C=C/C=C/[C@H](OC2O[C@@H](C)[C@H](O)[C@@H](N)[C@H]2O)C[C@@H]2OC(O)(C[C@@H](O)C[C@@H](O)[C@H](O)CC[C@@H](O)C[C@@H](O)CC(=O)O[C@H]1C)C[C@H](O)[C@H]2C(=O)OCC1O[C@@H](O)C(N)[C@H](O)[C@H]1CO[C@@H]1OC(CO)[C@H](O[C@@H]2OC(CO)[C@@H](O)[C@@H](O)C2N)[C@@H](O)C1N. The molecule has 5 fully saturated rings. The number of carbonyl (C=O) groups excluding carboxylic acids is 2. The zero-order chi connectivity index (χ0) is 73.2. The number of hydrogen-bond donors (Lipinski definition) is 21. The van der Waals surface area contributed by atoms with Crippen LogP contribution in [-0.2, 0) is 57.0 Å². The summed E-state index contributed by atoms with van der Waals surface area (Å²) in [4.78, 5) is 27.5. The second-order valence-corrected chi connectivity index (χ2v) is 26.7. The summed E-state index contributed by atoms with van der Waals surface area (Å²) in [5, 5.41) is 187. The molecular formula is C66H108N4O29. The van der Waals surface area contributed by atoms with Gasteiger partial charge < -0.3 is 157 Å². The van der Waals surface area contributed by atoms with Crippen LogP contribution in [0.5, 0.6) is 0 Å². The van der Waals surface area contributed by atoms with E-state index in [2.05, 4.69) is 0 Å². The van der Waals surface area contributed by atoms with Crippen molar-refractivity contribution in [2.75, 3.05) is 26.4 Å². The summed E-state index contributed by atoms with van der Waals surface area (Å²) in [6.45, 7) is 3.58. The Bertz CT molecular complexity index is 2660. The Balaban J connectivity index is 1.24. The number of ether oxygens (including phenoxy) is 10. The molecule has 0 aromatic heterocycles. The van der Waals surface area contributed by atoms with E-state index >= 15 is 0 Å². The molecule has 25 N–H and O–H groups in total. The Kier molecular flexibility index (Phi) is 33.7. The summed E-state index contributed by atoms with van der Waals surface area (Å²) in [6, 6.07) is -5.69. The summed E-state index contributed by atoms with van der Waals surface area (Å²) < 4.78 is 58.6. The highest BCUT2D eigenvalue weighted by Crippen LogP contribution is 2.40. The fourth-order valence-corrected chi connectivity index (χ4v) is 12.6. The topological polar surface area (TPSA) is 574 Å². The van der Waals surface area contributed by atoms with E-state index in [4.69, 9.17) is 70.3 Å². The van der Waals surface area contributed by atoms with E-state index in [1.807, 2.05) is 0 Å². The van der Waals surface area contributed by atoms with Crippen molar-refractivity contribution in [1.29, 1.82) is 0 Å². The van der Waals surface area contributed by atoms with Crippen LogP contribution in [0.3, 0.4) is 0 Å². The molecule has 99 heavy (non-hydrogen) atoms. The maximum Gasteiger partial charge on any atom is 0.314 e. The summed E-state index contributed by atoms with van der Waals surface area (Å²) in [5.74, 6) is -8.49. The molecule has 2 bridgehead atoms. The van der Waals surface area contributed by atoms with Gasteiger partial charge in [-0.25, -0.2) is 0 Å². The highest BCUT2D eigenvalue weighted by atomic mass is 16.7. The molecule has 0 aromatic carbocycles. The third kappa shape index (κ3) is 23.7. The Morgan fingerprint density at radius 3 is 1.75 bits per heavy atom. The van der Waals surface area contributed by atoms with Crippen LogP contribution >= 0.6 is 0 Å². The van der Waals surface area contributed by atoms with Crippen LogP contribution in [0.1, 0.15) is 79.1 Å². The molecule has 34 atom stereocenters. The molecule has 0 aliphatic carbocycles. The first-order valence-corrected chi connectivity index (χ1v) is 33.6. The lowest BCUT2D eigenvalue weighted by atomic mass is 9.82. The van der Waals surface area contributed by atoms with Crippen molar-refractivity contribution in [1.82, 2.24) is 0 Å². The van der Waals surface area contributed by atoms with Crippen LogP contribution < -0.4 is 22.9 Å². The van der Waals surface area contributed by atoms with E-state index in [0.717, 1.165) is 0 Å². The lowest BCUT2D eigenvalue weighted by Crippen LogP contribution is -2.68. The van der Waals surface area contributed by atoms with Crippen molar-refractivity contribution in [2.24, 2.45) is 46.6 Å². The molecule has 6 heterocycles. The zero-order valence-electron chi connectivity index (χ0n) is 55.9. The van der Waals surface area contributed by atoms with Gasteiger partial charge in [-0.3, -0.25) is 9.59 Å². The summed E-state index contributed by atoms with van der Waals surface area (Å²) in [5.41, 5.74) is 24.7. The minimum Gasteiger partial charge on any atom is -0.463 e. The van der Waals surface area contributed by atoms with E-state index in [9.17, 15) is 96.4 Å². The molecule has 6 aliphatic heterocycles. The number of hydrogen-bond acceptors (Lipinski definition) is 33. The quantitative estimate of drug-likeness (QED) is 0.0809. The summed E-state index contributed by atoms with van der Waals surface area (Å²) >= 11 is 0. The standard InChI is InChI=1S/C66H108N4O29/c1-31-17-15-13-11-9-7-5-6-8-10-12-14-16-18-38(94-65-59(86)49(67)54(81)34(4)93-65)24-43-48(42(78)26-66(89,99-43)25-37(75)22-41(77)40(76)20-19-35(73)21-36(74)23-47(79)92-33(3)32(2)53(31)80)61(87)90-30-46-39(55(82)50(68)62(88)95-46)29-91-63-52(70)58(85)60(45(28-72)97-63)98-64-51(69)57(84)56(83)44(27-71)96-64/h5-18,31-46,48-60,62-65,71-78,80-86,88-89H,19-30,67-70H2,1-4H3/b6-5+,9-7+,10-8+,13-11+,14-12+,17-15+,18-16+/t31-,32-,33-,34-,35+,36+,37-,38-,39-,40+,41+,42-,43-,44?,45?,46?,48+,49+,50?,51?,52?,53+,54-,55+,56+,57-,58-,59+,60-,62+,63+,64-,65?,66?/m0/s1. The van der Waals surface area contributed by atoms with Crippen LogP contribution in [0.15, 0.2) is 85.1 Å². The van der Waals surface area contributed by atoms with Gasteiger partial charge in [0.1, 0.15) is 67.5 Å². The monoisotopic (exact) mass is 1420 g/mol. The zero-order valence-corrected chi connectivity index (χ0v) is 55.9. The third-order valence-corrected chi connectivity index (χ3v) is 18.9. The number of esters is 2. The molecule has 0 spiro atoms. The third-order valence-electron chi connectivity index (χ3n) is 18.9. The molecule has 0 radical (unpaired) electrons. The number of nitrogens with two attached hydrogens (primary N) is 4. The van der Waals surface area contributed by atoms with Crippen LogP contribution in [0.2, 0.25) is 0 Å². The first kappa shape index (κ1) is 83.9. The molecule has 566 valence electrons. The lowest BCUT2D eigenvalue weighted by molar-refractivity contribution is -0.332. The normalized spacial score (nSPS) is 48.1. The van der Waals surface area contributed by atoms with Gasteiger partial charge in [-0.2, -0.15) is 0 Å². The predicted molar refractivity (Wildman–Crippen MR) is 345 cm³/mol. The van der Waals surface area contributed by atoms with Crippen molar-refractivity contribution in [3.63, 3.8) is 0 Å². The van der Waals surface area contributed by atoms with Gasteiger partial charge in [-0.1, -0.05) is 98.9 Å². The average Bonchev–Trinajstić information content (AvgIpc) is 0.790. The van der Waals surface area contributed by atoms with Gasteiger partial charge in [0.25, 0.3) is 0 Å². The van der Waals surface area contributed by atoms with Crippen molar-refractivity contribution >= 4 is 11.9 Å². The molecule has 5 saturated heterocycles. The molecule has 0 aromatic rings. The van der Waals surface area contributed by atoms with Gasteiger partial charge in [0.05, 0.1) is 124 Å². The molecular weight excluding hydrogens is 1310 g/mol. The second-order valence-electron chi connectivity index (χ2n) is 26.7. The average molecular weight is 1420 g/mol. The van der Waals surface area contributed by atoms with Crippen LogP contribution in [0.4, 0.5) is 0 Å². The van der Waals surface area contributed by atoms with Gasteiger partial charge in [0.15, 0.2) is 30.9 Å². The summed E-state index contributed by atoms with van der Waals surface area (Å²) in [6.07, 6.45) is -17.4. The van der Waals surface area contributed by atoms with Crippen LogP contribution in [-0.4, -0.2) is 308 Å². The minimum absolute atomic E-state index is 0.192. The molecule has 0 amide bonds. The largest absolute Gasteiger partial charge is 0.463 e. The number of allylic oxidation sites excluding steroid dienone is 12. The van der Waals surface area contributed by atoms with Crippen molar-refractivity contribution in [3.8, 4) is 0 Å². The minimum atomic E-state index is -2.54.